The highest BCUT2D eigenvalue weighted by molar-refractivity contribution is 6.30. The molecule has 0 radical (unpaired) electrons. The summed E-state index contributed by atoms with van der Waals surface area (Å²) in [5.74, 6) is -4.07. The molecule has 0 amide bonds. The van der Waals surface area contributed by atoms with E-state index in [9.17, 15) is 29.0 Å². The van der Waals surface area contributed by atoms with Crippen molar-refractivity contribution in [3.05, 3.63) is 57.9 Å². The maximum absolute atomic E-state index is 13.7. The molecule has 0 aliphatic heterocycles. The van der Waals surface area contributed by atoms with Gasteiger partial charge in [-0.15, -0.1) is 0 Å². The molecule has 31 heavy (non-hydrogen) atoms. The van der Waals surface area contributed by atoms with Crippen LogP contribution in [0.15, 0.2) is 24.3 Å². The Labute approximate surface area is 177 Å². The van der Waals surface area contributed by atoms with Crippen molar-refractivity contribution < 1.29 is 33.7 Å². The van der Waals surface area contributed by atoms with Crippen LogP contribution in [0.3, 0.4) is 0 Å². The molecule has 0 aromatic heterocycles. The van der Waals surface area contributed by atoms with E-state index in [0.717, 1.165) is 18.2 Å². The molecule has 1 atom stereocenters. The number of phenolic OH excluding ortho intramolecular Hbond substituents is 2. The predicted octanol–water partition coefficient (Wildman–Crippen LogP) is 3.13. The molecule has 0 heterocycles. The number of fused-ring (bicyclic) bond motifs is 2. The Morgan fingerprint density at radius 3 is 2.39 bits per heavy atom. The molecule has 2 aromatic rings. The Hall–Kier alpha value is -3.26. The monoisotopic (exact) mass is 427 g/mol. The van der Waals surface area contributed by atoms with Crippen LogP contribution in [0.5, 0.6) is 11.5 Å². The first-order chi connectivity index (χ1) is 14.7. The normalized spacial score (nSPS) is 21.3. The van der Waals surface area contributed by atoms with Crippen molar-refractivity contribution in [2.75, 3.05) is 0 Å². The smallest absolute Gasteiger partial charge is 0.309 e. The number of ether oxygens (including phenoxy) is 1. The third-order valence-corrected chi connectivity index (χ3v) is 6.07. The minimum absolute atomic E-state index is 0.0156. The lowest BCUT2D eigenvalue weighted by atomic mass is 9.81. The lowest BCUT2D eigenvalue weighted by Crippen LogP contribution is -2.31. The van der Waals surface area contributed by atoms with Gasteiger partial charge >= 0.3 is 5.97 Å². The number of hydrogen-bond donors (Lipinski definition) is 3. The van der Waals surface area contributed by atoms with Gasteiger partial charge in [-0.1, -0.05) is 0 Å². The summed E-state index contributed by atoms with van der Waals surface area (Å²) in [7, 11) is 0. The second kappa shape index (κ2) is 7.77. The summed E-state index contributed by atoms with van der Waals surface area (Å²) in [6.07, 6.45) is 1.64. The minimum Gasteiger partial charge on any atom is -0.507 e. The van der Waals surface area contributed by atoms with E-state index >= 15 is 0 Å². The Kier molecular flexibility index (Phi) is 5.26. The van der Waals surface area contributed by atoms with E-state index in [4.69, 9.17) is 10.5 Å². The van der Waals surface area contributed by atoms with Crippen LogP contribution in [-0.4, -0.2) is 33.8 Å². The first kappa shape index (κ1) is 21.0. The largest absolute Gasteiger partial charge is 0.507 e. The van der Waals surface area contributed by atoms with Crippen LogP contribution >= 0.6 is 0 Å². The van der Waals surface area contributed by atoms with E-state index in [1.165, 1.54) is 13.0 Å². The standard InChI is InChI=1S/C23H22FNO6/c1-10(31-23(30)11-2-5-13(25)6-3-11)15-9-17(26)18-19(21(15)28)22(29)16-8-12(24)4-7-14(16)20(18)27/h4,7-11,13,26,28H,2-3,5-6,25H2,1H3. The van der Waals surface area contributed by atoms with Gasteiger partial charge in [-0.2, -0.15) is 0 Å². The SMILES string of the molecule is CC(OC(=O)C1CCC(N)CC1)c1cc(O)c2c(c1O)C(=O)c1cc(F)ccc1C2=O. The molecule has 7 nitrogen and oxygen atoms in total. The number of ketones is 2. The summed E-state index contributed by atoms with van der Waals surface area (Å²) < 4.78 is 19.1. The molecular weight excluding hydrogens is 405 g/mol. The van der Waals surface area contributed by atoms with Crippen LogP contribution < -0.4 is 5.73 Å². The van der Waals surface area contributed by atoms with Crippen molar-refractivity contribution in [3.8, 4) is 11.5 Å². The molecule has 0 spiro atoms. The highest BCUT2D eigenvalue weighted by Gasteiger charge is 2.37. The van der Waals surface area contributed by atoms with Crippen molar-refractivity contribution in [2.45, 2.75) is 44.8 Å². The average Bonchev–Trinajstić information content (AvgIpc) is 2.73. The van der Waals surface area contributed by atoms with Crippen LogP contribution in [-0.2, 0) is 9.53 Å². The molecule has 2 aromatic carbocycles. The maximum atomic E-state index is 13.7. The molecular formula is C23H22FNO6. The molecule has 4 rings (SSSR count). The summed E-state index contributed by atoms with van der Waals surface area (Å²) in [6.45, 7) is 1.50. The fourth-order valence-corrected chi connectivity index (χ4v) is 4.30. The topological polar surface area (TPSA) is 127 Å². The van der Waals surface area contributed by atoms with Crippen molar-refractivity contribution in [1.29, 1.82) is 0 Å². The zero-order chi connectivity index (χ0) is 22.4. The number of carbonyl (C=O) groups is 3. The number of aromatic hydroxyl groups is 2. The van der Waals surface area contributed by atoms with Crippen LogP contribution in [0.1, 0.15) is 76.1 Å². The lowest BCUT2D eigenvalue weighted by Gasteiger charge is -2.27. The number of rotatable bonds is 3. The summed E-state index contributed by atoms with van der Waals surface area (Å²) in [5.41, 5.74) is 4.80. The number of hydrogen-bond acceptors (Lipinski definition) is 7. The Bertz CT molecular complexity index is 1100. The average molecular weight is 427 g/mol. The molecule has 0 saturated heterocycles. The van der Waals surface area contributed by atoms with Crippen molar-refractivity contribution >= 4 is 17.5 Å². The quantitative estimate of drug-likeness (QED) is 0.433. The van der Waals surface area contributed by atoms with E-state index in [0.29, 0.717) is 25.7 Å². The van der Waals surface area contributed by atoms with Gasteiger partial charge < -0.3 is 20.7 Å². The van der Waals surface area contributed by atoms with Gasteiger partial charge in [0.1, 0.15) is 23.4 Å². The van der Waals surface area contributed by atoms with Gasteiger partial charge in [0, 0.05) is 22.7 Å². The summed E-state index contributed by atoms with van der Waals surface area (Å²) in [6, 6.07) is 4.31. The van der Waals surface area contributed by atoms with Crippen LogP contribution in [0.25, 0.3) is 0 Å². The third kappa shape index (κ3) is 3.57. The van der Waals surface area contributed by atoms with Gasteiger partial charge in [0.2, 0.25) is 0 Å². The zero-order valence-electron chi connectivity index (χ0n) is 16.9. The molecule has 8 heteroatoms. The highest BCUT2D eigenvalue weighted by Crippen LogP contribution is 2.43. The van der Waals surface area contributed by atoms with Gasteiger partial charge in [-0.3, -0.25) is 14.4 Å². The lowest BCUT2D eigenvalue weighted by molar-refractivity contribution is -0.154. The molecule has 4 N–H and O–H groups in total. The summed E-state index contributed by atoms with van der Waals surface area (Å²) >= 11 is 0. The number of phenols is 2. The molecule has 1 unspecified atom stereocenters. The first-order valence-corrected chi connectivity index (χ1v) is 10.1. The summed E-state index contributed by atoms with van der Waals surface area (Å²) in [4.78, 5) is 38.3. The van der Waals surface area contributed by atoms with Gasteiger partial charge in [0.15, 0.2) is 11.6 Å². The van der Waals surface area contributed by atoms with E-state index in [2.05, 4.69) is 0 Å². The number of carbonyl (C=O) groups excluding carboxylic acids is 3. The predicted molar refractivity (Wildman–Crippen MR) is 107 cm³/mol. The number of halogens is 1. The van der Waals surface area contributed by atoms with Crippen LogP contribution in [0.2, 0.25) is 0 Å². The van der Waals surface area contributed by atoms with Crippen LogP contribution in [0.4, 0.5) is 4.39 Å². The Morgan fingerprint density at radius 2 is 1.71 bits per heavy atom. The van der Waals surface area contributed by atoms with Gasteiger partial charge in [-0.05, 0) is 56.9 Å². The molecule has 1 fully saturated rings. The second-order valence-electron chi connectivity index (χ2n) is 8.12. The van der Waals surface area contributed by atoms with Gasteiger partial charge in [0.05, 0.1) is 17.0 Å². The molecule has 2 aliphatic rings. The first-order valence-electron chi connectivity index (χ1n) is 10.1. The second-order valence-corrected chi connectivity index (χ2v) is 8.12. The molecule has 0 bridgehead atoms. The molecule has 162 valence electrons. The molecule has 1 saturated carbocycles. The van der Waals surface area contributed by atoms with E-state index < -0.39 is 46.5 Å². The van der Waals surface area contributed by atoms with Gasteiger partial charge in [-0.25, -0.2) is 4.39 Å². The zero-order valence-corrected chi connectivity index (χ0v) is 16.9. The van der Waals surface area contributed by atoms with Crippen molar-refractivity contribution in [1.82, 2.24) is 0 Å². The third-order valence-electron chi connectivity index (χ3n) is 6.07. The van der Waals surface area contributed by atoms with Crippen molar-refractivity contribution in [2.24, 2.45) is 11.7 Å². The number of benzene rings is 2. The van der Waals surface area contributed by atoms with E-state index in [1.54, 1.807) is 0 Å². The van der Waals surface area contributed by atoms with Crippen molar-refractivity contribution in [3.63, 3.8) is 0 Å². The minimum atomic E-state index is -0.990. The Morgan fingerprint density at radius 1 is 1.06 bits per heavy atom. The summed E-state index contributed by atoms with van der Waals surface area (Å²) in [5, 5.41) is 21.3. The fraction of sp³-hybridized carbons (Fsp3) is 0.348. The maximum Gasteiger partial charge on any atom is 0.309 e. The number of nitrogens with two attached hydrogens (primary N) is 1. The van der Waals surface area contributed by atoms with Gasteiger partial charge in [0.25, 0.3) is 0 Å². The number of esters is 1. The Balaban J connectivity index is 1.68. The fourth-order valence-electron chi connectivity index (χ4n) is 4.30. The molecule has 2 aliphatic carbocycles. The van der Waals surface area contributed by atoms with E-state index in [1.807, 2.05) is 0 Å². The van der Waals surface area contributed by atoms with Crippen LogP contribution in [0, 0.1) is 11.7 Å². The van der Waals surface area contributed by atoms with E-state index in [-0.39, 0.29) is 34.2 Å². The highest BCUT2D eigenvalue weighted by atomic mass is 19.1.